The van der Waals surface area contributed by atoms with Crippen molar-refractivity contribution in [3.05, 3.63) is 125 Å². The highest BCUT2D eigenvalue weighted by Crippen LogP contribution is 2.30. The van der Waals surface area contributed by atoms with Gasteiger partial charge in [0.2, 0.25) is 0 Å². The first-order valence-corrected chi connectivity index (χ1v) is 12.0. The van der Waals surface area contributed by atoms with Gasteiger partial charge >= 0.3 is 0 Å². The van der Waals surface area contributed by atoms with Gasteiger partial charge in [-0.2, -0.15) is 0 Å². The maximum atomic E-state index is 13.2. The molecule has 0 amide bonds. The lowest BCUT2D eigenvalue weighted by atomic mass is 10.0. The predicted octanol–water partition coefficient (Wildman–Crippen LogP) is 6.61. The summed E-state index contributed by atoms with van der Waals surface area (Å²) in [5.41, 5.74) is 5.09. The normalized spacial score (nSPS) is 11.0. The van der Waals surface area contributed by atoms with E-state index in [1.807, 2.05) is 111 Å². The molecule has 0 fully saturated rings. The number of rotatable bonds is 9. The Morgan fingerprint density at radius 3 is 1.88 bits per heavy atom. The molecule has 4 rings (SSSR count). The first-order valence-electron chi connectivity index (χ1n) is 11.0. The fourth-order valence-corrected chi connectivity index (χ4v) is 4.85. The highest BCUT2D eigenvalue weighted by atomic mass is 31.1. The summed E-state index contributed by atoms with van der Waals surface area (Å²) in [6.45, 7) is 4.87. The molecule has 4 aromatic rings. The predicted molar refractivity (Wildman–Crippen MR) is 136 cm³/mol. The van der Waals surface area contributed by atoms with Crippen LogP contribution in [0.25, 0.3) is 0 Å². The molecule has 4 aromatic carbocycles. The first kappa shape index (κ1) is 22.8. The standard InChI is InChI=1S/C29H27O3P/c1-21-10-9-11-22(2)28(21)29(30)33-27-17-16-25(31-19-23-12-5-3-6-13-23)18-26(27)32-20-24-14-7-4-8-15-24/h3-18,33H,19-20H2,1-2H3. The molecular formula is C29H27O3P. The molecule has 0 aliphatic rings. The maximum absolute atomic E-state index is 13.2. The number of ether oxygens (including phenoxy) is 2. The second-order valence-corrected chi connectivity index (χ2v) is 9.17. The highest BCUT2D eigenvalue weighted by molar-refractivity contribution is 7.66. The number of aryl methyl sites for hydroxylation is 2. The molecule has 0 spiro atoms. The molecule has 4 heteroatoms. The summed E-state index contributed by atoms with van der Waals surface area (Å²) >= 11 is 0. The van der Waals surface area contributed by atoms with Crippen molar-refractivity contribution in [2.45, 2.75) is 27.1 Å². The molecule has 0 aliphatic carbocycles. The van der Waals surface area contributed by atoms with Crippen molar-refractivity contribution in [2.24, 2.45) is 0 Å². The molecule has 0 saturated carbocycles. The third-order valence-electron chi connectivity index (χ3n) is 5.39. The Morgan fingerprint density at radius 1 is 0.697 bits per heavy atom. The Balaban J connectivity index is 1.56. The zero-order chi connectivity index (χ0) is 23.0. The summed E-state index contributed by atoms with van der Waals surface area (Å²) in [5, 5.41) is 0.880. The van der Waals surface area contributed by atoms with Crippen molar-refractivity contribution in [1.82, 2.24) is 0 Å². The summed E-state index contributed by atoms with van der Waals surface area (Å²) in [7, 11) is -0.0334. The summed E-state index contributed by atoms with van der Waals surface area (Å²) in [5.74, 6) is 1.40. The van der Waals surface area contributed by atoms with E-state index in [-0.39, 0.29) is 14.1 Å². The van der Waals surface area contributed by atoms with Crippen molar-refractivity contribution >= 4 is 19.4 Å². The van der Waals surface area contributed by atoms with Gasteiger partial charge in [-0.25, -0.2) is 0 Å². The molecule has 0 N–H and O–H groups in total. The van der Waals surface area contributed by atoms with Crippen molar-refractivity contribution in [2.75, 3.05) is 0 Å². The van der Waals surface area contributed by atoms with Gasteiger partial charge in [-0.05, 0) is 56.8 Å². The van der Waals surface area contributed by atoms with E-state index in [1.165, 1.54) is 0 Å². The van der Waals surface area contributed by atoms with Crippen LogP contribution in [0.1, 0.15) is 32.6 Å². The molecule has 0 radical (unpaired) electrons. The Morgan fingerprint density at radius 2 is 1.27 bits per heavy atom. The van der Waals surface area contributed by atoms with E-state index in [2.05, 4.69) is 0 Å². The van der Waals surface area contributed by atoms with Crippen LogP contribution >= 0.6 is 8.58 Å². The van der Waals surface area contributed by atoms with Gasteiger partial charge in [0.25, 0.3) is 0 Å². The van der Waals surface area contributed by atoms with Crippen LogP contribution in [0.5, 0.6) is 11.5 Å². The van der Waals surface area contributed by atoms with Crippen molar-refractivity contribution in [1.29, 1.82) is 0 Å². The highest BCUT2D eigenvalue weighted by Gasteiger charge is 2.16. The fourth-order valence-electron chi connectivity index (χ4n) is 3.65. The lowest BCUT2D eigenvalue weighted by Crippen LogP contribution is -2.09. The average molecular weight is 455 g/mol. The van der Waals surface area contributed by atoms with E-state index in [1.54, 1.807) is 0 Å². The number of carbonyl (C=O) groups is 1. The molecule has 0 aliphatic heterocycles. The number of carbonyl (C=O) groups excluding carboxylic acids is 1. The smallest absolute Gasteiger partial charge is 0.186 e. The molecule has 0 aromatic heterocycles. The second-order valence-electron chi connectivity index (χ2n) is 7.93. The van der Waals surface area contributed by atoms with Gasteiger partial charge in [-0.1, -0.05) is 78.9 Å². The SMILES string of the molecule is Cc1cccc(C)c1C(=O)Pc1ccc(OCc2ccccc2)cc1OCc1ccccc1. The van der Waals surface area contributed by atoms with Crippen LogP contribution in [0.2, 0.25) is 0 Å². The van der Waals surface area contributed by atoms with Gasteiger partial charge in [0.15, 0.2) is 5.52 Å². The second kappa shape index (κ2) is 10.9. The van der Waals surface area contributed by atoms with Crippen molar-refractivity contribution in [3.8, 4) is 11.5 Å². The van der Waals surface area contributed by atoms with Crippen LogP contribution in [-0.4, -0.2) is 5.52 Å². The van der Waals surface area contributed by atoms with Gasteiger partial charge in [-0.3, -0.25) is 4.79 Å². The van der Waals surface area contributed by atoms with Crippen molar-refractivity contribution in [3.63, 3.8) is 0 Å². The average Bonchev–Trinajstić information content (AvgIpc) is 2.83. The van der Waals surface area contributed by atoms with Crippen LogP contribution in [-0.2, 0) is 13.2 Å². The van der Waals surface area contributed by atoms with Crippen LogP contribution < -0.4 is 14.8 Å². The lowest BCUT2D eigenvalue weighted by molar-refractivity contribution is 0.108. The lowest BCUT2D eigenvalue weighted by Gasteiger charge is -2.15. The molecule has 0 heterocycles. The van der Waals surface area contributed by atoms with E-state index in [0.29, 0.717) is 19.0 Å². The number of benzene rings is 4. The molecule has 33 heavy (non-hydrogen) atoms. The van der Waals surface area contributed by atoms with E-state index < -0.39 is 0 Å². The minimum absolute atomic E-state index is 0.0334. The summed E-state index contributed by atoms with van der Waals surface area (Å²) in [6.07, 6.45) is 0. The number of hydrogen-bond donors (Lipinski definition) is 0. The van der Waals surface area contributed by atoms with Crippen LogP contribution in [0.15, 0.2) is 97.1 Å². The Kier molecular flexibility index (Phi) is 7.55. The third-order valence-corrected chi connectivity index (χ3v) is 6.55. The Hall–Kier alpha value is -3.42. The largest absolute Gasteiger partial charge is 0.489 e. The van der Waals surface area contributed by atoms with Crippen molar-refractivity contribution < 1.29 is 14.3 Å². The van der Waals surface area contributed by atoms with Crippen LogP contribution in [0.3, 0.4) is 0 Å². The summed E-state index contributed by atoms with van der Waals surface area (Å²) in [4.78, 5) is 13.2. The van der Waals surface area contributed by atoms with Gasteiger partial charge in [0.05, 0.1) is 0 Å². The quantitative estimate of drug-likeness (QED) is 0.267. The Labute approximate surface area is 197 Å². The van der Waals surface area contributed by atoms with Gasteiger partial charge in [0.1, 0.15) is 24.7 Å². The molecule has 0 bridgehead atoms. The zero-order valence-electron chi connectivity index (χ0n) is 18.9. The van der Waals surface area contributed by atoms with Crippen LogP contribution in [0, 0.1) is 13.8 Å². The first-order chi connectivity index (χ1) is 16.1. The molecule has 1 atom stereocenters. The van der Waals surface area contributed by atoms with Crippen LogP contribution in [0.4, 0.5) is 0 Å². The Bertz CT molecular complexity index is 1200. The minimum atomic E-state index is -0.0334. The molecular weight excluding hydrogens is 427 g/mol. The molecule has 166 valence electrons. The zero-order valence-corrected chi connectivity index (χ0v) is 19.9. The molecule has 3 nitrogen and oxygen atoms in total. The number of hydrogen-bond acceptors (Lipinski definition) is 3. The van der Waals surface area contributed by atoms with E-state index in [0.717, 1.165) is 38.9 Å². The third kappa shape index (κ3) is 6.09. The summed E-state index contributed by atoms with van der Waals surface area (Å²) < 4.78 is 12.2. The van der Waals surface area contributed by atoms with Gasteiger partial charge < -0.3 is 9.47 Å². The van der Waals surface area contributed by atoms with Gasteiger partial charge in [-0.15, -0.1) is 0 Å². The topological polar surface area (TPSA) is 35.5 Å². The van der Waals surface area contributed by atoms with E-state index >= 15 is 0 Å². The van der Waals surface area contributed by atoms with Gasteiger partial charge in [0, 0.05) is 16.9 Å². The monoisotopic (exact) mass is 454 g/mol. The molecule has 1 unspecified atom stereocenters. The fraction of sp³-hybridized carbons (Fsp3) is 0.138. The maximum Gasteiger partial charge on any atom is 0.186 e. The van der Waals surface area contributed by atoms with E-state index in [9.17, 15) is 4.79 Å². The van der Waals surface area contributed by atoms with E-state index in [4.69, 9.17) is 9.47 Å². The molecule has 0 saturated heterocycles. The summed E-state index contributed by atoms with van der Waals surface area (Å²) in [6, 6.07) is 31.8. The minimum Gasteiger partial charge on any atom is -0.489 e.